The van der Waals surface area contributed by atoms with E-state index in [1.54, 1.807) is 6.20 Å². The molecule has 0 atom stereocenters. The first-order valence-electron chi connectivity index (χ1n) is 7.31. The number of nitrogens with zero attached hydrogens (tertiary/aromatic N) is 3. The van der Waals surface area contributed by atoms with Crippen molar-refractivity contribution in [3.8, 4) is 11.5 Å². The largest absolute Gasteiger partial charge is 0.486 e. The smallest absolute Gasteiger partial charge is 0.244 e. The zero-order valence-corrected chi connectivity index (χ0v) is 12.7. The summed E-state index contributed by atoms with van der Waals surface area (Å²) in [5.41, 5.74) is 0.861. The van der Waals surface area contributed by atoms with Crippen LogP contribution in [0.5, 0.6) is 11.5 Å². The van der Waals surface area contributed by atoms with Crippen LogP contribution in [0.1, 0.15) is 13.8 Å². The average Bonchev–Trinajstić information content (AvgIpc) is 2.53. The number of hydrogen-bond acceptors (Lipinski definition) is 7. The number of ether oxygens (including phenoxy) is 2. The van der Waals surface area contributed by atoms with E-state index in [0.29, 0.717) is 30.9 Å². The Morgan fingerprint density at radius 3 is 2.82 bits per heavy atom. The molecule has 7 nitrogen and oxygen atoms in total. The molecule has 2 N–H and O–H groups in total. The van der Waals surface area contributed by atoms with Crippen LogP contribution in [-0.2, 0) is 0 Å². The minimum atomic E-state index is 0.510. The van der Waals surface area contributed by atoms with Gasteiger partial charge < -0.3 is 20.1 Å². The summed E-state index contributed by atoms with van der Waals surface area (Å²) in [4.78, 5) is 4.38. The molecule has 2 aromatic rings. The van der Waals surface area contributed by atoms with Gasteiger partial charge in [0.1, 0.15) is 13.2 Å². The second-order valence-electron chi connectivity index (χ2n) is 5.42. The van der Waals surface area contributed by atoms with Crippen LogP contribution in [0, 0.1) is 5.92 Å². The summed E-state index contributed by atoms with van der Waals surface area (Å²) < 4.78 is 11.1. The fourth-order valence-corrected chi connectivity index (χ4v) is 2.00. The van der Waals surface area contributed by atoms with Gasteiger partial charge in [0.2, 0.25) is 5.95 Å². The number of aromatic nitrogens is 3. The van der Waals surface area contributed by atoms with E-state index in [1.807, 2.05) is 18.2 Å². The fraction of sp³-hybridized carbons (Fsp3) is 0.400. The van der Waals surface area contributed by atoms with Gasteiger partial charge in [-0.25, -0.2) is 0 Å². The van der Waals surface area contributed by atoms with Gasteiger partial charge in [-0.1, -0.05) is 13.8 Å². The maximum Gasteiger partial charge on any atom is 0.244 e. The van der Waals surface area contributed by atoms with Crippen LogP contribution in [0.4, 0.5) is 17.5 Å². The SMILES string of the molecule is CC(C)CNc1nncc(Nc2ccc3c(c2)OCCO3)n1. The van der Waals surface area contributed by atoms with E-state index in [4.69, 9.17) is 9.47 Å². The monoisotopic (exact) mass is 301 g/mol. The number of hydrogen-bond donors (Lipinski definition) is 2. The molecule has 0 aliphatic carbocycles. The number of anilines is 3. The number of fused-ring (bicyclic) bond motifs is 1. The van der Waals surface area contributed by atoms with Gasteiger partial charge in [0, 0.05) is 18.3 Å². The van der Waals surface area contributed by atoms with Crippen molar-refractivity contribution < 1.29 is 9.47 Å². The van der Waals surface area contributed by atoms with Crippen molar-refractivity contribution in [3.63, 3.8) is 0 Å². The second-order valence-corrected chi connectivity index (χ2v) is 5.42. The minimum absolute atomic E-state index is 0.510. The van der Waals surface area contributed by atoms with Crippen LogP contribution in [-0.4, -0.2) is 34.9 Å². The van der Waals surface area contributed by atoms with Crippen molar-refractivity contribution in [2.45, 2.75) is 13.8 Å². The molecule has 0 radical (unpaired) electrons. The highest BCUT2D eigenvalue weighted by Gasteiger charge is 2.12. The summed E-state index contributed by atoms with van der Waals surface area (Å²) >= 11 is 0. The minimum Gasteiger partial charge on any atom is -0.486 e. The van der Waals surface area contributed by atoms with Crippen LogP contribution in [0.2, 0.25) is 0 Å². The lowest BCUT2D eigenvalue weighted by molar-refractivity contribution is 0.171. The molecule has 1 aromatic carbocycles. The van der Waals surface area contributed by atoms with E-state index < -0.39 is 0 Å². The van der Waals surface area contributed by atoms with Crippen LogP contribution >= 0.6 is 0 Å². The Kier molecular flexibility index (Phi) is 4.22. The summed E-state index contributed by atoms with van der Waals surface area (Å²) in [6, 6.07) is 5.68. The third kappa shape index (κ3) is 3.55. The molecule has 0 saturated heterocycles. The molecule has 0 fully saturated rings. The quantitative estimate of drug-likeness (QED) is 0.877. The first kappa shape index (κ1) is 14.4. The fourth-order valence-electron chi connectivity index (χ4n) is 2.00. The van der Waals surface area contributed by atoms with Gasteiger partial charge in [0.05, 0.1) is 6.20 Å². The van der Waals surface area contributed by atoms with Gasteiger partial charge in [-0.15, -0.1) is 5.10 Å². The molecule has 3 rings (SSSR count). The van der Waals surface area contributed by atoms with Gasteiger partial charge in [-0.3, -0.25) is 0 Å². The molecule has 7 heteroatoms. The Morgan fingerprint density at radius 1 is 1.18 bits per heavy atom. The Balaban J connectivity index is 1.71. The summed E-state index contributed by atoms with van der Waals surface area (Å²) in [5, 5.41) is 14.3. The molecule has 1 aliphatic heterocycles. The number of rotatable bonds is 5. The van der Waals surface area contributed by atoms with Crippen molar-refractivity contribution in [2.24, 2.45) is 5.92 Å². The van der Waals surface area contributed by atoms with Gasteiger partial charge >= 0.3 is 0 Å². The third-order valence-corrected chi connectivity index (χ3v) is 3.04. The van der Waals surface area contributed by atoms with Crippen molar-refractivity contribution in [1.82, 2.24) is 15.2 Å². The van der Waals surface area contributed by atoms with Crippen molar-refractivity contribution in [2.75, 3.05) is 30.4 Å². The second kappa shape index (κ2) is 6.46. The predicted molar refractivity (Wildman–Crippen MR) is 83.9 cm³/mol. The van der Waals surface area contributed by atoms with Crippen molar-refractivity contribution in [1.29, 1.82) is 0 Å². The summed E-state index contributed by atoms with van der Waals surface area (Å²) in [6.45, 7) is 6.19. The van der Waals surface area contributed by atoms with Crippen LogP contribution in [0.25, 0.3) is 0 Å². The first-order chi connectivity index (χ1) is 10.7. The van der Waals surface area contributed by atoms with Gasteiger partial charge in [0.15, 0.2) is 17.3 Å². The van der Waals surface area contributed by atoms with Crippen LogP contribution < -0.4 is 20.1 Å². The molecule has 1 aliphatic rings. The maximum absolute atomic E-state index is 5.56. The van der Waals surface area contributed by atoms with E-state index in [2.05, 4.69) is 39.7 Å². The molecule has 0 amide bonds. The molecular formula is C15H19N5O2. The van der Waals surface area contributed by atoms with E-state index >= 15 is 0 Å². The highest BCUT2D eigenvalue weighted by Crippen LogP contribution is 2.33. The van der Waals surface area contributed by atoms with E-state index in [0.717, 1.165) is 23.7 Å². The molecule has 0 spiro atoms. The lowest BCUT2D eigenvalue weighted by Crippen LogP contribution is -2.15. The lowest BCUT2D eigenvalue weighted by atomic mass is 10.2. The molecule has 0 unspecified atom stereocenters. The number of benzene rings is 1. The van der Waals surface area contributed by atoms with Crippen molar-refractivity contribution in [3.05, 3.63) is 24.4 Å². The number of nitrogens with one attached hydrogen (secondary N) is 2. The topological polar surface area (TPSA) is 81.2 Å². The zero-order chi connectivity index (χ0) is 15.4. The summed E-state index contributed by atoms with van der Waals surface area (Å²) in [6.07, 6.45) is 1.58. The Bertz CT molecular complexity index is 648. The third-order valence-electron chi connectivity index (χ3n) is 3.04. The molecule has 2 heterocycles. The zero-order valence-electron chi connectivity index (χ0n) is 12.7. The maximum atomic E-state index is 5.56. The highest BCUT2D eigenvalue weighted by molar-refractivity contribution is 5.61. The highest BCUT2D eigenvalue weighted by atomic mass is 16.6. The molecule has 1 aromatic heterocycles. The van der Waals surface area contributed by atoms with Gasteiger partial charge in [0.25, 0.3) is 0 Å². The Hall–Kier alpha value is -2.57. The van der Waals surface area contributed by atoms with E-state index in [-0.39, 0.29) is 0 Å². The normalized spacial score (nSPS) is 13.0. The molecular weight excluding hydrogens is 282 g/mol. The Morgan fingerprint density at radius 2 is 2.00 bits per heavy atom. The van der Waals surface area contributed by atoms with Crippen molar-refractivity contribution >= 4 is 17.5 Å². The Labute approximate surface area is 129 Å². The lowest BCUT2D eigenvalue weighted by Gasteiger charge is -2.19. The molecule has 0 bridgehead atoms. The van der Waals surface area contributed by atoms with Gasteiger partial charge in [-0.2, -0.15) is 10.1 Å². The average molecular weight is 301 g/mol. The van der Waals surface area contributed by atoms with Crippen LogP contribution in [0.15, 0.2) is 24.4 Å². The summed E-state index contributed by atoms with van der Waals surface area (Å²) in [7, 11) is 0. The van der Waals surface area contributed by atoms with Crippen LogP contribution in [0.3, 0.4) is 0 Å². The van der Waals surface area contributed by atoms with Gasteiger partial charge in [-0.05, 0) is 18.1 Å². The predicted octanol–water partition coefficient (Wildman–Crippen LogP) is 2.45. The first-order valence-corrected chi connectivity index (χ1v) is 7.31. The summed E-state index contributed by atoms with van der Waals surface area (Å²) in [5.74, 6) is 3.14. The van der Waals surface area contributed by atoms with E-state index in [9.17, 15) is 0 Å². The van der Waals surface area contributed by atoms with E-state index in [1.165, 1.54) is 0 Å². The standard InChI is InChI=1S/C15H19N5O2/c1-10(2)8-16-15-19-14(9-17-20-15)18-11-3-4-12-13(7-11)22-6-5-21-12/h3-4,7,9-10H,5-6,8H2,1-2H3,(H2,16,18,19,20). The molecule has 116 valence electrons. The molecule has 0 saturated carbocycles. The molecule has 22 heavy (non-hydrogen) atoms.